The van der Waals surface area contributed by atoms with E-state index in [4.69, 9.17) is 5.84 Å². The molecule has 0 aromatic carbocycles. The molecule has 4 N–H and O–H groups in total. The summed E-state index contributed by atoms with van der Waals surface area (Å²) in [6.07, 6.45) is 7.51. The van der Waals surface area contributed by atoms with E-state index in [9.17, 15) is 4.79 Å². The number of aromatic nitrogens is 1. The van der Waals surface area contributed by atoms with Crippen LogP contribution in [-0.4, -0.2) is 16.9 Å². The van der Waals surface area contributed by atoms with Crippen molar-refractivity contribution in [2.75, 3.05) is 0 Å². The van der Waals surface area contributed by atoms with Gasteiger partial charge in [0, 0.05) is 18.0 Å². The van der Waals surface area contributed by atoms with Crippen LogP contribution in [0.4, 0.5) is 0 Å². The molecule has 2 rings (SSSR count). The Balaban J connectivity index is 2.26. The van der Waals surface area contributed by atoms with Crippen molar-refractivity contribution in [2.45, 2.75) is 45.1 Å². The molecule has 0 spiro atoms. The molecule has 1 aromatic rings. The lowest BCUT2D eigenvalue weighted by Gasteiger charge is -2.19. The number of aryl methyl sites for hydroxylation is 1. The normalized spacial score (nSPS) is 17.8. The molecule has 1 heterocycles. The highest BCUT2D eigenvalue weighted by molar-refractivity contribution is 5.98. The minimum atomic E-state index is -0.0567. The van der Waals surface area contributed by atoms with Crippen LogP contribution in [0.5, 0.6) is 0 Å². The first-order valence-corrected chi connectivity index (χ1v) is 6.45. The van der Waals surface area contributed by atoms with Crippen LogP contribution in [0, 0.1) is 6.92 Å². The molecule has 1 aliphatic rings. The molecule has 1 saturated carbocycles. The van der Waals surface area contributed by atoms with Gasteiger partial charge in [-0.1, -0.05) is 19.3 Å². The van der Waals surface area contributed by atoms with Crippen molar-refractivity contribution >= 4 is 5.84 Å². The molecule has 0 radical (unpaired) electrons. The van der Waals surface area contributed by atoms with E-state index in [0.717, 1.165) is 18.5 Å². The summed E-state index contributed by atoms with van der Waals surface area (Å²) < 4.78 is 0. The number of rotatable bonds is 2. The summed E-state index contributed by atoms with van der Waals surface area (Å²) in [6.45, 7) is 1.85. The zero-order valence-corrected chi connectivity index (χ0v) is 10.7. The maximum absolute atomic E-state index is 11.9. The fourth-order valence-electron chi connectivity index (χ4n) is 2.34. The van der Waals surface area contributed by atoms with E-state index in [0.29, 0.717) is 11.4 Å². The average Bonchev–Trinajstić information content (AvgIpc) is 2.38. The number of nitrogens with two attached hydrogens (primary N) is 1. The summed E-state index contributed by atoms with van der Waals surface area (Å²) in [5.41, 5.74) is 3.84. The maximum Gasteiger partial charge on any atom is 0.192 e. The van der Waals surface area contributed by atoms with E-state index < -0.39 is 0 Å². The Morgan fingerprint density at radius 1 is 1.44 bits per heavy atom. The number of hydrogen-bond donors (Lipinski definition) is 3. The molecule has 1 aromatic heterocycles. The monoisotopic (exact) mass is 248 g/mol. The van der Waals surface area contributed by atoms with E-state index in [2.05, 4.69) is 15.4 Å². The van der Waals surface area contributed by atoms with Gasteiger partial charge in [0.25, 0.3) is 0 Å². The molecule has 1 fully saturated rings. The minimum absolute atomic E-state index is 0.0567. The fourth-order valence-corrected chi connectivity index (χ4v) is 2.34. The molecular weight excluding hydrogens is 228 g/mol. The van der Waals surface area contributed by atoms with Gasteiger partial charge in [-0.15, -0.1) is 0 Å². The number of aromatic amines is 1. The Morgan fingerprint density at radius 3 is 2.78 bits per heavy atom. The summed E-state index contributed by atoms with van der Waals surface area (Å²) in [5.74, 6) is 5.98. The van der Waals surface area contributed by atoms with Crippen molar-refractivity contribution in [2.24, 2.45) is 10.8 Å². The number of hydrogen-bond acceptors (Lipinski definition) is 3. The lowest BCUT2D eigenvalue weighted by atomic mass is 9.96. The Labute approximate surface area is 106 Å². The van der Waals surface area contributed by atoms with Crippen molar-refractivity contribution in [1.29, 1.82) is 0 Å². The van der Waals surface area contributed by atoms with Crippen LogP contribution in [0.25, 0.3) is 0 Å². The Morgan fingerprint density at radius 2 is 2.17 bits per heavy atom. The first-order chi connectivity index (χ1) is 8.70. The van der Waals surface area contributed by atoms with Gasteiger partial charge in [0.2, 0.25) is 0 Å². The zero-order chi connectivity index (χ0) is 13.0. The largest absolute Gasteiger partial charge is 0.364 e. The summed E-state index contributed by atoms with van der Waals surface area (Å²) >= 11 is 0. The molecular formula is C13H20N4O. The van der Waals surface area contributed by atoms with Crippen LogP contribution in [0.1, 0.15) is 43.4 Å². The summed E-state index contributed by atoms with van der Waals surface area (Å²) in [5, 5.41) is 0. The SMILES string of the molecule is Cc1cc(=O)c(C(=NC2CCCCC2)NN)c[nH]1. The van der Waals surface area contributed by atoms with Crippen molar-refractivity contribution < 1.29 is 0 Å². The summed E-state index contributed by atoms with van der Waals surface area (Å²) in [4.78, 5) is 19.5. The molecule has 0 bridgehead atoms. The number of pyridine rings is 1. The second-order valence-electron chi connectivity index (χ2n) is 4.81. The van der Waals surface area contributed by atoms with E-state index in [1.54, 1.807) is 12.3 Å². The number of H-pyrrole nitrogens is 1. The minimum Gasteiger partial charge on any atom is -0.364 e. The van der Waals surface area contributed by atoms with Crippen molar-refractivity contribution in [3.63, 3.8) is 0 Å². The summed E-state index contributed by atoms with van der Waals surface area (Å²) in [6, 6.07) is 1.84. The van der Waals surface area contributed by atoms with Gasteiger partial charge in [0.1, 0.15) is 5.84 Å². The number of nitrogens with zero attached hydrogens (tertiary/aromatic N) is 1. The zero-order valence-electron chi connectivity index (χ0n) is 10.7. The maximum atomic E-state index is 11.9. The molecule has 0 amide bonds. The van der Waals surface area contributed by atoms with Gasteiger partial charge in [-0.25, -0.2) is 5.84 Å². The van der Waals surface area contributed by atoms with Crippen LogP contribution in [-0.2, 0) is 0 Å². The number of amidine groups is 1. The fraction of sp³-hybridized carbons (Fsp3) is 0.538. The third-order valence-corrected chi connectivity index (χ3v) is 3.34. The first kappa shape index (κ1) is 12.8. The Kier molecular flexibility index (Phi) is 4.15. The molecule has 0 atom stereocenters. The molecule has 5 heteroatoms. The second kappa shape index (κ2) is 5.82. The molecule has 0 unspecified atom stereocenters. The second-order valence-corrected chi connectivity index (χ2v) is 4.81. The standard InChI is InChI=1S/C13H20N4O/c1-9-7-12(18)11(8-15-9)13(17-14)16-10-5-3-2-4-6-10/h7-8,10H,2-6,14H2,1H3,(H,15,18)(H,16,17). The predicted octanol–water partition coefficient (Wildman–Crippen LogP) is 1.23. The van der Waals surface area contributed by atoms with E-state index in [1.807, 2.05) is 6.92 Å². The van der Waals surface area contributed by atoms with Gasteiger partial charge in [0.15, 0.2) is 5.43 Å². The Hall–Kier alpha value is -1.62. The molecule has 98 valence electrons. The third kappa shape index (κ3) is 2.98. The quantitative estimate of drug-likeness (QED) is 0.318. The van der Waals surface area contributed by atoms with Crippen LogP contribution in [0.15, 0.2) is 22.1 Å². The molecule has 1 aliphatic carbocycles. The van der Waals surface area contributed by atoms with E-state index in [1.165, 1.54) is 19.3 Å². The van der Waals surface area contributed by atoms with E-state index in [-0.39, 0.29) is 11.5 Å². The Bertz CT molecular complexity index is 486. The predicted molar refractivity (Wildman–Crippen MR) is 72.5 cm³/mol. The molecule has 0 aliphatic heterocycles. The van der Waals surface area contributed by atoms with E-state index >= 15 is 0 Å². The topological polar surface area (TPSA) is 83.3 Å². The van der Waals surface area contributed by atoms with Crippen LogP contribution < -0.4 is 16.7 Å². The average molecular weight is 248 g/mol. The van der Waals surface area contributed by atoms with Crippen molar-refractivity contribution in [3.8, 4) is 0 Å². The van der Waals surface area contributed by atoms with Gasteiger partial charge in [-0.05, 0) is 19.8 Å². The van der Waals surface area contributed by atoms with Crippen molar-refractivity contribution in [1.82, 2.24) is 10.4 Å². The highest BCUT2D eigenvalue weighted by atomic mass is 16.1. The summed E-state index contributed by atoms with van der Waals surface area (Å²) in [7, 11) is 0. The smallest absolute Gasteiger partial charge is 0.192 e. The van der Waals surface area contributed by atoms with Gasteiger partial charge in [0.05, 0.1) is 11.6 Å². The third-order valence-electron chi connectivity index (χ3n) is 3.34. The molecule has 0 saturated heterocycles. The van der Waals surface area contributed by atoms with Crippen LogP contribution in [0.3, 0.4) is 0 Å². The number of aliphatic imine (C=N–C) groups is 1. The lowest BCUT2D eigenvalue weighted by molar-refractivity contribution is 0.442. The van der Waals surface area contributed by atoms with Gasteiger partial charge >= 0.3 is 0 Å². The number of nitrogens with one attached hydrogen (secondary N) is 2. The highest BCUT2D eigenvalue weighted by Gasteiger charge is 2.15. The van der Waals surface area contributed by atoms with Crippen LogP contribution >= 0.6 is 0 Å². The highest BCUT2D eigenvalue weighted by Crippen LogP contribution is 2.20. The lowest BCUT2D eigenvalue weighted by Crippen LogP contribution is -2.36. The van der Waals surface area contributed by atoms with Gasteiger partial charge < -0.3 is 10.4 Å². The van der Waals surface area contributed by atoms with Gasteiger partial charge in [-0.2, -0.15) is 0 Å². The molecule has 5 nitrogen and oxygen atoms in total. The molecule has 18 heavy (non-hydrogen) atoms. The first-order valence-electron chi connectivity index (χ1n) is 6.45. The number of hydrazine groups is 1. The van der Waals surface area contributed by atoms with Crippen molar-refractivity contribution in [3.05, 3.63) is 33.7 Å². The van der Waals surface area contributed by atoms with Crippen LogP contribution in [0.2, 0.25) is 0 Å². The van der Waals surface area contributed by atoms with Gasteiger partial charge in [-0.3, -0.25) is 9.79 Å².